The summed E-state index contributed by atoms with van der Waals surface area (Å²) in [7, 11) is -1.30. The monoisotopic (exact) mass is 375 g/mol. The topological polar surface area (TPSA) is 114 Å². The number of carbonyl (C=O) groups excluding carboxylic acids is 2. The highest BCUT2D eigenvalue weighted by Crippen LogP contribution is 2.34. The molecule has 3 N–H and O–H groups in total. The van der Waals surface area contributed by atoms with E-state index in [-0.39, 0.29) is 23.6 Å². The second kappa shape index (κ2) is 9.42. The van der Waals surface area contributed by atoms with E-state index in [1.165, 1.54) is 13.8 Å². The van der Waals surface area contributed by atoms with Crippen LogP contribution >= 0.6 is 0 Å². The molecule has 0 bridgehead atoms. The van der Waals surface area contributed by atoms with Crippen molar-refractivity contribution >= 4 is 19.0 Å². The summed E-state index contributed by atoms with van der Waals surface area (Å²) in [5.41, 5.74) is 0.963. The third kappa shape index (κ3) is 5.72. The van der Waals surface area contributed by atoms with Gasteiger partial charge in [0, 0.05) is 25.3 Å². The van der Waals surface area contributed by atoms with Crippen LogP contribution in [0.1, 0.15) is 44.1 Å². The Labute approximate surface area is 157 Å². The molecule has 27 heavy (non-hydrogen) atoms. The molecular weight excluding hydrogens is 353 g/mol. The SMILES string of the molecule is C#CCCC(=O)N[C@H]1Cc2cccc(C(O)OC(C)OC(C)=O)c2OB1O. The summed E-state index contributed by atoms with van der Waals surface area (Å²) in [6.45, 7) is 2.70. The minimum Gasteiger partial charge on any atom is -0.534 e. The van der Waals surface area contributed by atoms with E-state index in [1.807, 2.05) is 0 Å². The first-order valence-corrected chi connectivity index (χ1v) is 8.52. The molecule has 8 nitrogen and oxygen atoms in total. The van der Waals surface area contributed by atoms with Gasteiger partial charge in [-0.3, -0.25) is 9.59 Å². The number of terminal acetylenes is 1. The fourth-order valence-corrected chi connectivity index (χ4v) is 2.75. The van der Waals surface area contributed by atoms with Gasteiger partial charge in [-0.15, -0.1) is 12.3 Å². The van der Waals surface area contributed by atoms with Crippen LogP contribution in [0.3, 0.4) is 0 Å². The summed E-state index contributed by atoms with van der Waals surface area (Å²) < 4.78 is 15.6. The Hall–Kier alpha value is -2.54. The smallest absolute Gasteiger partial charge is 0.534 e. The lowest BCUT2D eigenvalue weighted by molar-refractivity contribution is -0.222. The van der Waals surface area contributed by atoms with Crippen molar-refractivity contribution in [1.82, 2.24) is 5.32 Å². The van der Waals surface area contributed by atoms with Crippen LogP contribution in [-0.2, 0) is 25.5 Å². The first kappa shape index (κ1) is 20.8. The van der Waals surface area contributed by atoms with Gasteiger partial charge in [0.15, 0.2) is 6.29 Å². The summed E-state index contributed by atoms with van der Waals surface area (Å²) in [4.78, 5) is 22.8. The highest BCUT2D eigenvalue weighted by atomic mass is 16.7. The van der Waals surface area contributed by atoms with Crippen LogP contribution in [0.4, 0.5) is 0 Å². The predicted octanol–water partition coefficient (Wildman–Crippen LogP) is 0.456. The van der Waals surface area contributed by atoms with E-state index >= 15 is 0 Å². The number of aliphatic hydroxyl groups excluding tert-OH is 1. The molecule has 2 rings (SSSR count). The van der Waals surface area contributed by atoms with Crippen molar-refractivity contribution < 1.29 is 33.8 Å². The van der Waals surface area contributed by atoms with Gasteiger partial charge < -0.3 is 29.6 Å². The lowest BCUT2D eigenvalue weighted by Gasteiger charge is -2.30. The molecule has 1 heterocycles. The van der Waals surface area contributed by atoms with Crippen LogP contribution in [0.2, 0.25) is 0 Å². The van der Waals surface area contributed by atoms with E-state index in [0.717, 1.165) is 0 Å². The van der Waals surface area contributed by atoms with Crippen molar-refractivity contribution in [3.05, 3.63) is 29.3 Å². The number of amides is 1. The fraction of sp³-hybridized carbons (Fsp3) is 0.444. The molecule has 1 aromatic rings. The Morgan fingerprint density at radius 2 is 2.26 bits per heavy atom. The quantitative estimate of drug-likeness (QED) is 0.275. The normalized spacial score (nSPS) is 17.7. The second-order valence-corrected chi connectivity index (χ2v) is 6.09. The van der Waals surface area contributed by atoms with Gasteiger partial charge in [0.25, 0.3) is 0 Å². The fourth-order valence-electron chi connectivity index (χ4n) is 2.75. The number of para-hydroxylation sites is 1. The van der Waals surface area contributed by atoms with Crippen molar-refractivity contribution in [2.45, 2.75) is 51.6 Å². The molecular formula is C18H22BNO7. The first-order valence-electron chi connectivity index (χ1n) is 8.52. The Morgan fingerprint density at radius 3 is 2.93 bits per heavy atom. The maximum absolute atomic E-state index is 11.8. The molecule has 9 heteroatoms. The van der Waals surface area contributed by atoms with Gasteiger partial charge in [-0.2, -0.15) is 0 Å². The first-order chi connectivity index (χ1) is 12.8. The molecule has 0 spiro atoms. The highest BCUT2D eigenvalue weighted by Gasteiger charge is 2.37. The van der Waals surface area contributed by atoms with Crippen molar-refractivity contribution in [2.24, 2.45) is 0 Å². The zero-order valence-corrected chi connectivity index (χ0v) is 15.2. The molecule has 0 saturated heterocycles. The van der Waals surface area contributed by atoms with Crippen LogP contribution < -0.4 is 9.97 Å². The Balaban J connectivity index is 2.10. The molecule has 0 fully saturated rings. The number of hydrogen-bond acceptors (Lipinski definition) is 7. The van der Waals surface area contributed by atoms with E-state index in [4.69, 9.17) is 20.6 Å². The molecule has 144 valence electrons. The van der Waals surface area contributed by atoms with Crippen LogP contribution in [-0.4, -0.2) is 41.4 Å². The summed E-state index contributed by atoms with van der Waals surface area (Å²) in [6, 6.07) is 5.02. The number of benzene rings is 1. The minimum atomic E-state index is -1.43. The van der Waals surface area contributed by atoms with E-state index in [1.54, 1.807) is 18.2 Å². The van der Waals surface area contributed by atoms with Crippen molar-refractivity contribution in [1.29, 1.82) is 0 Å². The van der Waals surface area contributed by atoms with E-state index in [2.05, 4.69) is 11.2 Å². The van der Waals surface area contributed by atoms with Crippen LogP contribution in [0, 0.1) is 12.3 Å². The van der Waals surface area contributed by atoms with Crippen molar-refractivity contribution in [2.75, 3.05) is 0 Å². The minimum absolute atomic E-state index is 0.160. The van der Waals surface area contributed by atoms with Crippen LogP contribution in [0.15, 0.2) is 18.2 Å². The molecule has 0 radical (unpaired) electrons. The molecule has 0 aliphatic carbocycles. The molecule has 0 saturated carbocycles. The molecule has 1 amide bonds. The lowest BCUT2D eigenvalue weighted by Crippen LogP contribution is -2.53. The highest BCUT2D eigenvalue weighted by molar-refractivity contribution is 6.46. The van der Waals surface area contributed by atoms with Gasteiger partial charge in [0.1, 0.15) is 5.75 Å². The lowest BCUT2D eigenvalue weighted by atomic mass is 9.72. The third-order valence-electron chi connectivity index (χ3n) is 3.91. The number of esters is 1. The molecule has 0 aromatic heterocycles. The number of carbonyl (C=O) groups is 2. The average Bonchev–Trinajstić information content (AvgIpc) is 2.59. The summed E-state index contributed by atoms with van der Waals surface area (Å²) in [6.07, 6.45) is 3.51. The molecule has 1 aliphatic rings. The number of aliphatic hydroxyl groups is 1. The molecule has 1 aliphatic heterocycles. The third-order valence-corrected chi connectivity index (χ3v) is 3.91. The summed E-state index contributed by atoms with van der Waals surface area (Å²) in [5.74, 6) is 1.18. The number of fused-ring (bicyclic) bond motifs is 1. The molecule has 1 aromatic carbocycles. The van der Waals surface area contributed by atoms with Crippen LogP contribution in [0.5, 0.6) is 5.75 Å². The van der Waals surface area contributed by atoms with E-state index in [0.29, 0.717) is 18.4 Å². The average molecular weight is 375 g/mol. The maximum atomic E-state index is 11.8. The van der Waals surface area contributed by atoms with Gasteiger partial charge in [0.2, 0.25) is 12.2 Å². The zero-order valence-electron chi connectivity index (χ0n) is 15.2. The van der Waals surface area contributed by atoms with Gasteiger partial charge >= 0.3 is 13.1 Å². The van der Waals surface area contributed by atoms with Gasteiger partial charge in [-0.05, 0) is 18.9 Å². The van der Waals surface area contributed by atoms with E-state index in [9.17, 15) is 19.7 Å². The predicted molar refractivity (Wildman–Crippen MR) is 96.0 cm³/mol. The number of rotatable bonds is 7. The van der Waals surface area contributed by atoms with Gasteiger partial charge in [0.05, 0.1) is 5.94 Å². The zero-order chi connectivity index (χ0) is 20.0. The van der Waals surface area contributed by atoms with E-state index < -0.39 is 31.6 Å². The van der Waals surface area contributed by atoms with Crippen LogP contribution in [0.25, 0.3) is 0 Å². The van der Waals surface area contributed by atoms with Gasteiger partial charge in [-0.25, -0.2) is 0 Å². The molecule has 2 unspecified atom stereocenters. The maximum Gasteiger partial charge on any atom is 0.547 e. The van der Waals surface area contributed by atoms with Gasteiger partial charge in [-0.1, -0.05) is 18.2 Å². The largest absolute Gasteiger partial charge is 0.547 e. The Morgan fingerprint density at radius 1 is 1.52 bits per heavy atom. The van der Waals surface area contributed by atoms with Crippen molar-refractivity contribution in [3.63, 3.8) is 0 Å². The number of ether oxygens (including phenoxy) is 2. The summed E-state index contributed by atoms with van der Waals surface area (Å²) in [5, 5.41) is 23.2. The standard InChI is InChI=1S/C18H22BNO7/c1-4-5-9-16(22)20-15-10-13-7-6-8-14(17(13)27-19(15)24)18(23)26-12(3)25-11(2)21/h1,6-8,12,15,18,23-24H,5,9-10H2,2-3H3,(H,20,22)/t12?,15-,18?/m0/s1. The van der Waals surface area contributed by atoms with Crippen molar-refractivity contribution in [3.8, 4) is 18.1 Å². The number of nitrogens with one attached hydrogen (secondary N) is 1. The number of hydrogen-bond donors (Lipinski definition) is 3. The Kier molecular flexibility index (Phi) is 7.24. The summed E-state index contributed by atoms with van der Waals surface area (Å²) >= 11 is 0. The second-order valence-electron chi connectivity index (χ2n) is 6.09. The Bertz CT molecular complexity index is 733. The molecule has 3 atom stereocenters.